The standard InChI is InChI=1S/C11H12/c1-7-4-9-6-11(9)10(5-7)8-2-3-8/h4-5,8H,2-3,6H2,1H3. The topological polar surface area (TPSA) is 0 Å². The minimum atomic E-state index is 0.950. The van der Waals surface area contributed by atoms with Crippen molar-refractivity contribution in [2.24, 2.45) is 0 Å². The number of hydrogen-bond donors (Lipinski definition) is 0. The molecule has 56 valence electrons. The summed E-state index contributed by atoms with van der Waals surface area (Å²) in [6, 6.07) is 4.73. The third-order valence-corrected chi connectivity index (χ3v) is 2.78. The Labute approximate surface area is 67.2 Å². The van der Waals surface area contributed by atoms with E-state index < -0.39 is 0 Å². The summed E-state index contributed by atoms with van der Waals surface area (Å²) in [5.41, 5.74) is 6.44. The summed E-state index contributed by atoms with van der Waals surface area (Å²) < 4.78 is 0. The van der Waals surface area contributed by atoms with Crippen molar-refractivity contribution in [2.75, 3.05) is 0 Å². The summed E-state index contributed by atoms with van der Waals surface area (Å²) in [7, 11) is 0. The van der Waals surface area contributed by atoms with Crippen molar-refractivity contribution in [1.82, 2.24) is 0 Å². The maximum atomic E-state index is 2.39. The fraction of sp³-hybridized carbons (Fsp3) is 0.455. The summed E-state index contributed by atoms with van der Waals surface area (Å²) in [4.78, 5) is 0. The van der Waals surface area contributed by atoms with E-state index in [-0.39, 0.29) is 0 Å². The van der Waals surface area contributed by atoms with E-state index in [0.29, 0.717) is 0 Å². The van der Waals surface area contributed by atoms with Crippen LogP contribution in [0.5, 0.6) is 0 Å². The van der Waals surface area contributed by atoms with Crippen LogP contribution in [0.2, 0.25) is 0 Å². The maximum absolute atomic E-state index is 2.39. The molecule has 0 heterocycles. The second kappa shape index (κ2) is 1.69. The largest absolute Gasteiger partial charge is 0.0555 e. The van der Waals surface area contributed by atoms with E-state index in [1.807, 2.05) is 0 Å². The van der Waals surface area contributed by atoms with Crippen LogP contribution in [0.4, 0.5) is 0 Å². The lowest BCUT2D eigenvalue weighted by atomic mass is 10.1. The highest BCUT2D eigenvalue weighted by molar-refractivity contribution is 5.54. The first kappa shape index (κ1) is 5.82. The second-order valence-corrected chi connectivity index (χ2v) is 3.94. The summed E-state index contributed by atoms with van der Waals surface area (Å²) >= 11 is 0. The van der Waals surface area contributed by atoms with Crippen LogP contribution in [0, 0.1) is 6.92 Å². The summed E-state index contributed by atoms with van der Waals surface area (Å²) in [6.45, 7) is 2.21. The van der Waals surface area contributed by atoms with Gasteiger partial charge in [0, 0.05) is 0 Å². The van der Waals surface area contributed by atoms with Gasteiger partial charge in [-0.05, 0) is 48.8 Å². The van der Waals surface area contributed by atoms with E-state index in [0.717, 1.165) is 5.92 Å². The van der Waals surface area contributed by atoms with Gasteiger partial charge in [-0.25, -0.2) is 0 Å². The van der Waals surface area contributed by atoms with Crippen molar-refractivity contribution < 1.29 is 0 Å². The number of fused-ring (bicyclic) bond motifs is 1. The molecular formula is C11H12. The van der Waals surface area contributed by atoms with Crippen molar-refractivity contribution in [3.05, 3.63) is 34.4 Å². The molecule has 0 heteroatoms. The van der Waals surface area contributed by atoms with Gasteiger partial charge in [-0.1, -0.05) is 17.7 Å². The normalized spacial score (nSPS) is 19.7. The molecule has 0 bridgehead atoms. The average molecular weight is 144 g/mol. The monoisotopic (exact) mass is 144 g/mol. The zero-order chi connectivity index (χ0) is 7.42. The van der Waals surface area contributed by atoms with Crippen LogP contribution in [0.15, 0.2) is 12.1 Å². The summed E-state index contributed by atoms with van der Waals surface area (Å²) in [5.74, 6) is 0.950. The molecule has 0 N–H and O–H groups in total. The van der Waals surface area contributed by atoms with E-state index in [1.165, 1.54) is 24.8 Å². The quantitative estimate of drug-likeness (QED) is 0.577. The molecule has 0 atom stereocenters. The molecule has 3 rings (SSSR count). The lowest BCUT2D eigenvalue weighted by Gasteiger charge is -1.97. The van der Waals surface area contributed by atoms with Crippen LogP contribution < -0.4 is 0 Å². The molecule has 11 heavy (non-hydrogen) atoms. The van der Waals surface area contributed by atoms with Gasteiger partial charge in [0.25, 0.3) is 0 Å². The van der Waals surface area contributed by atoms with E-state index in [2.05, 4.69) is 19.1 Å². The van der Waals surface area contributed by atoms with E-state index in [1.54, 1.807) is 16.7 Å². The predicted molar refractivity (Wildman–Crippen MR) is 46.0 cm³/mol. The minimum Gasteiger partial charge on any atom is -0.0555 e. The van der Waals surface area contributed by atoms with Gasteiger partial charge in [0.1, 0.15) is 0 Å². The molecule has 1 aromatic carbocycles. The fourth-order valence-corrected chi connectivity index (χ4v) is 1.98. The maximum Gasteiger partial charge on any atom is -0.00170 e. The van der Waals surface area contributed by atoms with Crippen LogP contribution in [0.25, 0.3) is 0 Å². The Bertz CT molecular complexity index is 318. The van der Waals surface area contributed by atoms with Gasteiger partial charge in [-0.3, -0.25) is 0 Å². The second-order valence-electron chi connectivity index (χ2n) is 3.94. The molecule has 0 aliphatic heterocycles. The molecule has 1 saturated carbocycles. The summed E-state index contributed by atoms with van der Waals surface area (Å²) in [6.07, 6.45) is 4.17. The van der Waals surface area contributed by atoms with Gasteiger partial charge >= 0.3 is 0 Å². The lowest BCUT2D eigenvalue weighted by molar-refractivity contribution is 1.12. The highest BCUT2D eigenvalue weighted by atomic mass is 14.4. The Balaban J connectivity index is 2.16. The van der Waals surface area contributed by atoms with Gasteiger partial charge in [0.2, 0.25) is 0 Å². The van der Waals surface area contributed by atoms with Gasteiger partial charge < -0.3 is 0 Å². The zero-order valence-electron chi connectivity index (χ0n) is 6.85. The minimum absolute atomic E-state index is 0.950. The summed E-state index contributed by atoms with van der Waals surface area (Å²) in [5, 5.41) is 0. The fourth-order valence-electron chi connectivity index (χ4n) is 1.98. The molecule has 0 radical (unpaired) electrons. The lowest BCUT2D eigenvalue weighted by Crippen LogP contribution is -1.79. The third-order valence-electron chi connectivity index (χ3n) is 2.78. The number of hydrogen-bond acceptors (Lipinski definition) is 0. The Morgan fingerprint density at radius 1 is 1.27 bits per heavy atom. The SMILES string of the molecule is Cc1cc2c(c(C3CC3)c1)C2. The number of aryl methyl sites for hydroxylation is 1. The molecule has 1 fully saturated rings. The first-order chi connectivity index (χ1) is 5.34. The molecule has 0 aromatic heterocycles. The molecule has 0 amide bonds. The first-order valence-electron chi connectivity index (χ1n) is 4.47. The molecule has 2 aliphatic rings. The van der Waals surface area contributed by atoms with Crippen LogP contribution >= 0.6 is 0 Å². The smallest absolute Gasteiger partial charge is 0.00170 e. The van der Waals surface area contributed by atoms with Crippen LogP contribution in [-0.4, -0.2) is 0 Å². The Morgan fingerprint density at radius 3 is 2.82 bits per heavy atom. The Hall–Kier alpha value is -0.780. The van der Waals surface area contributed by atoms with Crippen LogP contribution in [0.1, 0.15) is 41.0 Å². The van der Waals surface area contributed by atoms with E-state index >= 15 is 0 Å². The molecule has 0 unspecified atom stereocenters. The van der Waals surface area contributed by atoms with Crippen LogP contribution in [-0.2, 0) is 6.42 Å². The van der Waals surface area contributed by atoms with Crippen molar-refractivity contribution in [1.29, 1.82) is 0 Å². The van der Waals surface area contributed by atoms with Gasteiger partial charge in [0.05, 0.1) is 0 Å². The van der Waals surface area contributed by atoms with Crippen molar-refractivity contribution in [3.63, 3.8) is 0 Å². The highest BCUT2D eigenvalue weighted by Gasteiger charge is 2.31. The van der Waals surface area contributed by atoms with Crippen molar-refractivity contribution in [3.8, 4) is 0 Å². The van der Waals surface area contributed by atoms with Gasteiger partial charge in [-0.2, -0.15) is 0 Å². The average Bonchev–Trinajstić information content (AvgIpc) is 2.81. The third kappa shape index (κ3) is 0.819. The first-order valence-corrected chi connectivity index (χ1v) is 4.47. The van der Waals surface area contributed by atoms with Crippen molar-refractivity contribution in [2.45, 2.75) is 32.1 Å². The number of benzene rings is 1. The Morgan fingerprint density at radius 2 is 2.09 bits per heavy atom. The molecule has 0 saturated heterocycles. The zero-order valence-corrected chi connectivity index (χ0v) is 6.85. The molecule has 1 aromatic rings. The van der Waals surface area contributed by atoms with E-state index in [9.17, 15) is 0 Å². The Kier molecular flexibility index (Phi) is 0.892. The predicted octanol–water partition coefficient (Wildman–Crippen LogP) is 2.78. The molecule has 0 spiro atoms. The van der Waals surface area contributed by atoms with E-state index in [4.69, 9.17) is 0 Å². The van der Waals surface area contributed by atoms with Crippen LogP contribution in [0.3, 0.4) is 0 Å². The molecule has 0 nitrogen and oxygen atoms in total. The molecular weight excluding hydrogens is 132 g/mol. The van der Waals surface area contributed by atoms with Gasteiger partial charge in [-0.15, -0.1) is 0 Å². The van der Waals surface area contributed by atoms with Crippen molar-refractivity contribution >= 4 is 0 Å². The van der Waals surface area contributed by atoms with Gasteiger partial charge in [0.15, 0.2) is 0 Å². The molecule has 2 aliphatic carbocycles. The highest BCUT2D eigenvalue weighted by Crippen LogP contribution is 2.47. The number of rotatable bonds is 1.